The predicted molar refractivity (Wildman–Crippen MR) is 90.5 cm³/mol. The fourth-order valence-electron chi connectivity index (χ4n) is 6.17. The molecule has 0 amide bonds. The minimum absolute atomic E-state index is 0.258. The predicted octanol–water partition coefficient (Wildman–Crippen LogP) is 3.96. The Labute approximate surface area is 131 Å². The van der Waals surface area contributed by atoms with Crippen LogP contribution in [0, 0.1) is 22.7 Å². The lowest BCUT2D eigenvalue weighted by Crippen LogP contribution is -2.54. The minimum Gasteiger partial charge on any atom is -0.316 e. The minimum atomic E-state index is 0.258. The van der Waals surface area contributed by atoms with Crippen molar-refractivity contribution in [2.24, 2.45) is 22.7 Å². The Balaban J connectivity index is 1.41. The molecule has 2 heteroatoms. The van der Waals surface area contributed by atoms with Crippen molar-refractivity contribution < 1.29 is 0 Å². The first-order valence-electron chi connectivity index (χ1n) is 9.24. The van der Waals surface area contributed by atoms with Gasteiger partial charge in [-0.3, -0.25) is 0 Å². The molecule has 2 N–H and O–H groups in total. The van der Waals surface area contributed by atoms with E-state index in [2.05, 4.69) is 38.3 Å². The van der Waals surface area contributed by atoms with E-state index >= 15 is 0 Å². The van der Waals surface area contributed by atoms with Gasteiger partial charge in [0, 0.05) is 12.1 Å². The lowest BCUT2D eigenvalue weighted by atomic mass is 9.44. The second kappa shape index (κ2) is 5.53. The van der Waals surface area contributed by atoms with Gasteiger partial charge in [0.05, 0.1) is 0 Å². The molecule has 4 aliphatic rings. The average molecular weight is 293 g/mol. The second-order valence-electron chi connectivity index (χ2n) is 9.98. The third-order valence-electron chi connectivity index (χ3n) is 6.16. The summed E-state index contributed by atoms with van der Waals surface area (Å²) in [7, 11) is 0. The van der Waals surface area contributed by atoms with Crippen LogP contribution in [0.3, 0.4) is 0 Å². The maximum atomic E-state index is 3.81. The van der Waals surface area contributed by atoms with Gasteiger partial charge in [0.15, 0.2) is 0 Å². The van der Waals surface area contributed by atoms with E-state index in [-0.39, 0.29) is 5.54 Å². The highest BCUT2D eigenvalue weighted by molar-refractivity contribution is 5.06. The zero-order chi connectivity index (χ0) is 15.1. The van der Waals surface area contributed by atoms with Crippen LogP contribution in [0.15, 0.2) is 0 Å². The maximum Gasteiger partial charge on any atom is 0.00965 e. The number of hydrogen-bond donors (Lipinski definition) is 2. The summed E-state index contributed by atoms with van der Waals surface area (Å²) in [6.45, 7) is 12.9. The van der Waals surface area contributed by atoms with Crippen LogP contribution in [-0.4, -0.2) is 25.2 Å². The molecular formula is C19H36N2. The van der Waals surface area contributed by atoms with E-state index in [0.717, 1.165) is 18.4 Å². The normalized spacial score (nSPS) is 41.7. The zero-order valence-corrected chi connectivity index (χ0v) is 14.7. The van der Waals surface area contributed by atoms with E-state index in [1.165, 1.54) is 51.6 Å². The average Bonchev–Trinajstić information content (AvgIpc) is 2.29. The van der Waals surface area contributed by atoms with Crippen molar-refractivity contribution in [2.75, 3.05) is 19.6 Å². The first-order valence-corrected chi connectivity index (χ1v) is 9.24. The molecule has 4 bridgehead atoms. The lowest BCUT2D eigenvalue weighted by molar-refractivity contribution is -0.0997. The first-order chi connectivity index (χ1) is 9.78. The quantitative estimate of drug-likeness (QED) is 0.724. The summed E-state index contributed by atoms with van der Waals surface area (Å²) in [4.78, 5) is 0. The van der Waals surface area contributed by atoms with Crippen LogP contribution in [0.5, 0.6) is 0 Å². The molecule has 0 radical (unpaired) electrons. The number of nitrogens with one attached hydrogen (secondary N) is 2. The Hall–Kier alpha value is -0.0800. The Morgan fingerprint density at radius 2 is 1.67 bits per heavy atom. The van der Waals surface area contributed by atoms with E-state index < -0.39 is 0 Å². The van der Waals surface area contributed by atoms with E-state index in [1.807, 2.05) is 0 Å². The zero-order valence-electron chi connectivity index (χ0n) is 14.7. The lowest BCUT2D eigenvalue weighted by Gasteiger charge is -2.61. The molecule has 4 aliphatic carbocycles. The molecule has 2 atom stereocenters. The van der Waals surface area contributed by atoms with E-state index in [4.69, 9.17) is 0 Å². The van der Waals surface area contributed by atoms with Gasteiger partial charge in [0.1, 0.15) is 0 Å². The molecule has 4 rings (SSSR count). The Bertz CT molecular complexity index is 354. The first kappa shape index (κ1) is 15.8. The molecule has 21 heavy (non-hydrogen) atoms. The molecule has 0 aromatic carbocycles. The number of hydrogen-bond acceptors (Lipinski definition) is 2. The molecule has 0 aliphatic heterocycles. The van der Waals surface area contributed by atoms with Gasteiger partial charge in [0.25, 0.3) is 0 Å². The third-order valence-corrected chi connectivity index (χ3v) is 6.16. The molecule has 2 unspecified atom stereocenters. The fraction of sp³-hybridized carbons (Fsp3) is 1.00. The molecule has 4 saturated carbocycles. The van der Waals surface area contributed by atoms with Gasteiger partial charge in [0.2, 0.25) is 0 Å². The van der Waals surface area contributed by atoms with Gasteiger partial charge in [-0.1, -0.05) is 6.92 Å². The van der Waals surface area contributed by atoms with Crippen LogP contribution in [0.1, 0.15) is 72.6 Å². The summed E-state index contributed by atoms with van der Waals surface area (Å²) in [6.07, 6.45) is 10.4. The van der Waals surface area contributed by atoms with Crippen molar-refractivity contribution in [1.29, 1.82) is 0 Å². The highest BCUT2D eigenvalue weighted by Gasteiger charge is 2.55. The molecule has 4 fully saturated rings. The third kappa shape index (κ3) is 3.82. The molecular weight excluding hydrogens is 256 g/mol. The fourth-order valence-corrected chi connectivity index (χ4v) is 6.17. The van der Waals surface area contributed by atoms with Crippen molar-refractivity contribution in [3.05, 3.63) is 0 Å². The summed E-state index contributed by atoms with van der Waals surface area (Å²) < 4.78 is 0. The van der Waals surface area contributed by atoms with Gasteiger partial charge < -0.3 is 10.6 Å². The second-order valence-corrected chi connectivity index (χ2v) is 9.98. The highest BCUT2D eigenvalue weighted by atomic mass is 15.0. The van der Waals surface area contributed by atoms with Gasteiger partial charge in [-0.05, 0) is 101 Å². The van der Waals surface area contributed by atoms with Crippen molar-refractivity contribution in [3.63, 3.8) is 0 Å². The van der Waals surface area contributed by atoms with Crippen molar-refractivity contribution in [3.8, 4) is 0 Å². The molecule has 0 spiro atoms. The molecule has 0 aromatic rings. The van der Waals surface area contributed by atoms with Gasteiger partial charge in [-0.2, -0.15) is 0 Å². The summed E-state index contributed by atoms with van der Waals surface area (Å²) in [5.74, 6) is 2.11. The summed E-state index contributed by atoms with van der Waals surface area (Å²) in [5, 5.41) is 7.39. The summed E-state index contributed by atoms with van der Waals surface area (Å²) in [6, 6.07) is 0. The molecule has 0 heterocycles. The number of rotatable bonds is 6. The standard InChI is InChI=1S/C19H36N2/c1-17(2,3)21-7-5-6-20-14-19-11-15-8-16(12-19)10-18(4,9-15)13-19/h15-16,20-21H,5-14H2,1-4H3. The Kier molecular flexibility index (Phi) is 4.16. The Morgan fingerprint density at radius 3 is 2.24 bits per heavy atom. The van der Waals surface area contributed by atoms with Gasteiger partial charge in [-0.25, -0.2) is 0 Å². The van der Waals surface area contributed by atoms with E-state index in [1.54, 1.807) is 6.42 Å². The van der Waals surface area contributed by atoms with E-state index in [9.17, 15) is 0 Å². The SMILES string of the molecule is CC12CC3CC(C1)CC(CNCCCNC(C)(C)C)(C3)C2. The topological polar surface area (TPSA) is 24.1 Å². The van der Waals surface area contributed by atoms with Crippen LogP contribution < -0.4 is 10.6 Å². The van der Waals surface area contributed by atoms with Crippen LogP contribution in [0.25, 0.3) is 0 Å². The molecule has 2 nitrogen and oxygen atoms in total. The molecule has 122 valence electrons. The summed E-state index contributed by atoms with van der Waals surface area (Å²) >= 11 is 0. The highest BCUT2D eigenvalue weighted by Crippen LogP contribution is 2.64. The van der Waals surface area contributed by atoms with Gasteiger partial charge >= 0.3 is 0 Å². The monoisotopic (exact) mass is 292 g/mol. The van der Waals surface area contributed by atoms with Crippen LogP contribution >= 0.6 is 0 Å². The largest absolute Gasteiger partial charge is 0.316 e. The van der Waals surface area contributed by atoms with Crippen molar-refractivity contribution >= 4 is 0 Å². The van der Waals surface area contributed by atoms with E-state index in [0.29, 0.717) is 10.8 Å². The summed E-state index contributed by atoms with van der Waals surface area (Å²) in [5.41, 5.74) is 1.62. The Morgan fingerprint density at radius 1 is 1.00 bits per heavy atom. The van der Waals surface area contributed by atoms with Gasteiger partial charge in [-0.15, -0.1) is 0 Å². The molecule has 0 aromatic heterocycles. The molecule has 0 saturated heterocycles. The van der Waals surface area contributed by atoms with Crippen molar-refractivity contribution in [2.45, 2.75) is 78.2 Å². The maximum absolute atomic E-state index is 3.81. The van der Waals surface area contributed by atoms with Crippen molar-refractivity contribution in [1.82, 2.24) is 10.6 Å². The van der Waals surface area contributed by atoms with Crippen LogP contribution in [0.2, 0.25) is 0 Å². The van der Waals surface area contributed by atoms with Crippen LogP contribution in [0.4, 0.5) is 0 Å². The smallest absolute Gasteiger partial charge is 0.00965 e. The van der Waals surface area contributed by atoms with Crippen LogP contribution in [-0.2, 0) is 0 Å².